The van der Waals surface area contributed by atoms with Gasteiger partial charge in [-0.1, -0.05) is 57.5 Å². The summed E-state index contributed by atoms with van der Waals surface area (Å²) in [5.74, 6) is -0.515. The summed E-state index contributed by atoms with van der Waals surface area (Å²) in [6, 6.07) is 11.3. The van der Waals surface area contributed by atoms with Gasteiger partial charge in [-0.05, 0) is 42.2 Å². The first-order valence-electron chi connectivity index (χ1n) is 10.8. The van der Waals surface area contributed by atoms with E-state index in [2.05, 4.69) is 10.3 Å². The predicted molar refractivity (Wildman–Crippen MR) is 125 cm³/mol. The molecule has 1 fully saturated rings. The third kappa shape index (κ3) is 4.74. The molecular weight excluding hydrogens is 428 g/mol. The highest BCUT2D eigenvalue weighted by molar-refractivity contribution is 6.30. The van der Waals surface area contributed by atoms with E-state index in [4.69, 9.17) is 17.3 Å². The monoisotopic (exact) mass is 458 g/mol. The first-order chi connectivity index (χ1) is 14.9. The molecule has 2 unspecified atom stereocenters. The lowest BCUT2D eigenvalue weighted by Gasteiger charge is -2.51. The minimum atomic E-state index is -1.10. The van der Waals surface area contributed by atoms with Gasteiger partial charge in [0.25, 0.3) is 5.91 Å². The van der Waals surface area contributed by atoms with Crippen LogP contribution in [-0.2, 0) is 10.4 Å². The van der Waals surface area contributed by atoms with Crippen molar-refractivity contribution in [3.63, 3.8) is 0 Å². The molecule has 1 aromatic carbocycles. The Hall–Kier alpha value is -2.64. The van der Waals surface area contributed by atoms with Crippen molar-refractivity contribution in [1.82, 2.24) is 15.2 Å². The van der Waals surface area contributed by atoms with Crippen molar-refractivity contribution in [2.24, 2.45) is 11.3 Å². The fourth-order valence-electron chi connectivity index (χ4n) is 4.27. The number of carbonyl (C=O) groups excluding carboxylic acids is 2. The van der Waals surface area contributed by atoms with Gasteiger partial charge in [0.05, 0.1) is 5.60 Å². The summed E-state index contributed by atoms with van der Waals surface area (Å²) in [6.07, 6.45) is 0.378. The third-order valence-electron chi connectivity index (χ3n) is 6.31. The lowest BCUT2D eigenvalue weighted by Crippen LogP contribution is -2.60. The molecule has 3 rings (SSSR count). The average molecular weight is 459 g/mol. The minimum absolute atomic E-state index is 0.132. The molecule has 7 nitrogen and oxygen atoms in total. The second kappa shape index (κ2) is 9.08. The number of carbonyl (C=O) groups is 2. The fourth-order valence-corrected chi connectivity index (χ4v) is 4.40. The van der Waals surface area contributed by atoms with Gasteiger partial charge < -0.3 is 21.1 Å². The van der Waals surface area contributed by atoms with E-state index in [0.717, 1.165) is 5.56 Å². The standard InChI is InChI=1S/C24H31ClN4O3/c1-15(2)20(28-21(30)18-6-5-7-19(26)27-18)22(31)29-13-12-24(32,23(3,4)14-29)16-8-10-17(25)11-9-16/h5-11,15,20,32H,12-14H2,1-4H3,(H2,26,27)(H,28,30). The van der Waals surface area contributed by atoms with E-state index in [9.17, 15) is 14.7 Å². The highest BCUT2D eigenvalue weighted by Gasteiger charge is 2.50. The van der Waals surface area contributed by atoms with Crippen LogP contribution in [0.3, 0.4) is 0 Å². The number of benzene rings is 1. The molecule has 0 spiro atoms. The quantitative estimate of drug-likeness (QED) is 0.637. The van der Waals surface area contributed by atoms with E-state index >= 15 is 0 Å². The van der Waals surface area contributed by atoms with Crippen LogP contribution in [0.15, 0.2) is 42.5 Å². The molecule has 32 heavy (non-hydrogen) atoms. The Morgan fingerprint density at radius 2 is 1.84 bits per heavy atom. The van der Waals surface area contributed by atoms with Crippen LogP contribution in [0.5, 0.6) is 0 Å². The van der Waals surface area contributed by atoms with E-state index in [1.165, 1.54) is 0 Å². The number of nitrogens with two attached hydrogens (primary N) is 1. The second-order valence-electron chi connectivity index (χ2n) is 9.40. The predicted octanol–water partition coefficient (Wildman–Crippen LogP) is 3.22. The van der Waals surface area contributed by atoms with E-state index in [0.29, 0.717) is 24.5 Å². The van der Waals surface area contributed by atoms with E-state index in [1.54, 1.807) is 35.2 Å². The van der Waals surface area contributed by atoms with Crippen LogP contribution < -0.4 is 11.1 Å². The van der Waals surface area contributed by atoms with Gasteiger partial charge in [0.15, 0.2) is 0 Å². The Morgan fingerprint density at radius 3 is 2.41 bits per heavy atom. The number of aliphatic hydroxyl groups is 1. The summed E-state index contributed by atoms with van der Waals surface area (Å²) in [5, 5.41) is 15.0. The van der Waals surface area contributed by atoms with Crippen LogP contribution in [-0.4, -0.2) is 45.9 Å². The lowest BCUT2D eigenvalue weighted by molar-refractivity contribution is -0.155. The van der Waals surface area contributed by atoms with Gasteiger partial charge in [0, 0.05) is 23.5 Å². The fraction of sp³-hybridized carbons (Fsp3) is 0.458. The van der Waals surface area contributed by atoms with Crippen molar-refractivity contribution < 1.29 is 14.7 Å². The molecule has 1 aliphatic heterocycles. The Morgan fingerprint density at radius 1 is 1.19 bits per heavy atom. The summed E-state index contributed by atoms with van der Waals surface area (Å²) in [4.78, 5) is 31.9. The largest absolute Gasteiger partial charge is 0.384 e. The van der Waals surface area contributed by atoms with Gasteiger partial charge in [0.2, 0.25) is 5.91 Å². The number of nitrogens with zero attached hydrogens (tertiary/aromatic N) is 2. The molecule has 0 aliphatic carbocycles. The normalized spacial score (nSPS) is 21.3. The van der Waals surface area contributed by atoms with Gasteiger partial charge in [-0.25, -0.2) is 4.98 Å². The number of aromatic nitrogens is 1. The molecule has 2 atom stereocenters. The molecule has 0 bridgehead atoms. The van der Waals surface area contributed by atoms with E-state index in [1.807, 2.05) is 39.8 Å². The molecule has 1 saturated heterocycles. The van der Waals surface area contributed by atoms with Crippen LogP contribution in [0.2, 0.25) is 5.02 Å². The van der Waals surface area contributed by atoms with Crippen molar-refractivity contribution in [2.75, 3.05) is 18.8 Å². The van der Waals surface area contributed by atoms with Crippen LogP contribution in [0.4, 0.5) is 5.82 Å². The molecular formula is C24H31ClN4O3. The molecule has 4 N–H and O–H groups in total. The number of pyridine rings is 1. The van der Waals surface area contributed by atoms with E-state index in [-0.39, 0.29) is 23.3 Å². The second-order valence-corrected chi connectivity index (χ2v) is 9.84. The van der Waals surface area contributed by atoms with Gasteiger partial charge in [0.1, 0.15) is 17.6 Å². The number of hydrogen-bond acceptors (Lipinski definition) is 5. The first-order valence-corrected chi connectivity index (χ1v) is 11.1. The zero-order chi connectivity index (χ0) is 23.7. The van der Waals surface area contributed by atoms with Crippen LogP contribution >= 0.6 is 11.6 Å². The van der Waals surface area contributed by atoms with Crippen molar-refractivity contribution in [3.05, 3.63) is 58.7 Å². The Kier molecular flexibility index (Phi) is 6.81. The van der Waals surface area contributed by atoms with E-state index < -0.39 is 23.0 Å². The van der Waals surface area contributed by atoms with Crippen LogP contribution in [0, 0.1) is 11.3 Å². The molecule has 0 saturated carbocycles. The number of piperidine rings is 1. The first kappa shape index (κ1) is 24.0. The van der Waals surface area contributed by atoms with Gasteiger partial charge in [-0.15, -0.1) is 0 Å². The van der Waals surface area contributed by atoms with Crippen LogP contribution in [0.1, 0.15) is 50.2 Å². The average Bonchev–Trinajstić information content (AvgIpc) is 2.73. The Labute approximate surface area is 194 Å². The number of halogens is 1. The maximum atomic E-state index is 13.4. The molecule has 2 heterocycles. The molecule has 0 radical (unpaired) electrons. The number of rotatable bonds is 5. The SMILES string of the molecule is CC(C)C(NC(=O)c1cccc(N)n1)C(=O)N1CCC(O)(c2ccc(Cl)cc2)C(C)(C)C1. The van der Waals surface area contributed by atoms with Gasteiger partial charge in [-0.2, -0.15) is 0 Å². The highest BCUT2D eigenvalue weighted by Crippen LogP contribution is 2.46. The summed E-state index contributed by atoms with van der Waals surface area (Å²) in [7, 11) is 0. The lowest BCUT2D eigenvalue weighted by atomic mass is 9.66. The summed E-state index contributed by atoms with van der Waals surface area (Å²) in [6.45, 7) is 8.38. The highest BCUT2D eigenvalue weighted by atomic mass is 35.5. The third-order valence-corrected chi connectivity index (χ3v) is 6.56. The zero-order valence-electron chi connectivity index (χ0n) is 18.9. The van der Waals surface area contributed by atoms with Gasteiger partial charge in [-0.3, -0.25) is 9.59 Å². The summed E-state index contributed by atoms with van der Waals surface area (Å²) in [5.41, 5.74) is 4.91. The van der Waals surface area contributed by atoms with Crippen molar-refractivity contribution in [3.8, 4) is 0 Å². The van der Waals surface area contributed by atoms with Gasteiger partial charge >= 0.3 is 0 Å². The maximum Gasteiger partial charge on any atom is 0.270 e. The molecule has 2 amide bonds. The van der Waals surface area contributed by atoms with Crippen molar-refractivity contribution >= 4 is 29.2 Å². The number of nitrogen functional groups attached to an aromatic ring is 1. The maximum absolute atomic E-state index is 13.4. The summed E-state index contributed by atoms with van der Waals surface area (Å²) >= 11 is 6.01. The molecule has 1 aromatic heterocycles. The number of anilines is 1. The number of hydrogen-bond donors (Lipinski definition) is 3. The topological polar surface area (TPSA) is 109 Å². The molecule has 1 aliphatic rings. The summed E-state index contributed by atoms with van der Waals surface area (Å²) < 4.78 is 0. The minimum Gasteiger partial charge on any atom is -0.384 e. The van der Waals surface area contributed by atoms with Crippen molar-refractivity contribution in [1.29, 1.82) is 0 Å². The Bertz CT molecular complexity index is 993. The molecule has 2 aromatic rings. The zero-order valence-corrected chi connectivity index (χ0v) is 19.7. The molecule has 172 valence electrons. The van der Waals surface area contributed by atoms with Crippen molar-refractivity contribution in [2.45, 2.75) is 45.8 Å². The molecule has 8 heteroatoms. The van der Waals surface area contributed by atoms with Crippen LogP contribution in [0.25, 0.3) is 0 Å². The number of amides is 2. The Balaban J connectivity index is 1.77. The number of likely N-dealkylation sites (tertiary alicyclic amines) is 1. The number of nitrogens with one attached hydrogen (secondary N) is 1. The smallest absolute Gasteiger partial charge is 0.270 e.